The van der Waals surface area contributed by atoms with Gasteiger partial charge in [0, 0.05) is 30.6 Å². The van der Waals surface area contributed by atoms with Gasteiger partial charge in [-0.25, -0.2) is 4.98 Å². The number of nitrogens with zero attached hydrogens (tertiary/aromatic N) is 2. The number of imidazole rings is 1. The maximum absolute atomic E-state index is 13.1. The number of ether oxygens (including phenoxy) is 1. The number of hydrogen-bond donors (Lipinski definition) is 1. The number of methoxy groups -OCH3 is 1. The molecular formula is C23H25N3O2S2. The molecule has 156 valence electrons. The molecule has 2 heterocycles. The van der Waals surface area contributed by atoms with E-state index in [-0.39, 0.29) is 5.91 Å². The minimum absolute atomic E-state index is 0.135. The van der Waals surface area contributed by atoms with Gasteiger partial charge < -0.3 is 14.6 Å². The molecule has 7 heteroatoms. The van der Waals surface area contributed by atoms with Crippen LogP contribution in [0.3, 0.4) is 0 Å². The smallest absolute Gasteiger partial charge is 0.252 e. The van der Waals surface area contributed by atoms with Crippen molar-refractivity contribution in [2.75, 3.05) is 18.6 Å². The van der Waals surface area contributed by atoms with Crippen molar-refractivity contribution < 1.29 is 9.53 Å². The van der Waals surface area contributed by atoms with E-state index in [1.165, 1.54) is 23.5 Å². The highest BCUT2D eigenvalue weighted by Gasteiger charge is 2.24. The first-order valence-corrected chi connectivity index (χ1v) is 12.0. The molecule has 0 aliphatic carbocycles. The number of aromatic nitrogens is 2. The average molecular weight is 440 g/mol. The number of carbonyl (C=O) groups excluding carboxylic acids is 1. The van der Waals surface area contributed by atoms with E-state index in [1.807, 2.05) is 77.7 Å². The van der Waals surface area contributed by atoms with E-state index in [0.717, 1.165) is 11.4 Å². The Kier molecular flexibility index (Phi) is 6.69. The predicted molar refractivity (Wildman–Crippen MR) is 124 cm³/mol. The number of rotatable bonds is 6. The molecule has 5 nitrogen and oxygen atoms in total. The molecule has 1 fully saturated rings. The van der Waals surface area contributed by atoms with E-state index < -0.39 is 6.04 Å². The summed E-state index contributed by atoms with van der Waals surface area (Å²) in [5.74, 6) is 3.73. The molecule has 1 unspecified atom stereocenters. The van der Waals surface area contributed by atoms with Gasteiger partial charge in [0.05, 0.1) is 11.7 Å². The van der Waals surface area contributed by atoms with Crippen LogP contribution in [-0.4, -0.2) is 34.1 Å². The first-order chi connectivity index (χ1) is 14.7. The first-order valence-electron chi connectivity index (χ1n) is 9.91. The van der Waals surface area contributed by atoms with Crippen molar-refractivity contribution in [2.45, 2.75) is 17.0 Å². The van der Waals surface area contributed by atoms with E-state index in [4.69, 9.17) is 4.74 Å². The van der Waals surface area contributed by atoms with Crippen molar-refractivity contribution in [3.8, 4) is 5.75 Å². The van der Waals surface area contributed by atoms with Gasteiger partial charge in [-0.2, -0.15) is 0 Å². The fourth-order valence-electron chi connectivity index (χ4n) is 3.53. The van der Waals surface area contributed by atoms with Gasteiger partial charge in [-0.3, -0.25) is 4.79 Å². The molecular weight excluding hydrogens is 414 g/mol. The molecule has 0 bridgehead atoms. The molecule has 1 aliphatic heterocycles. The van der Waals surface area contributed by atoms with Gasteiger partial charge in [-0.15, -0.1) is 23.5 Å². The molecule has 3 aromatic rings. The summed E-state index contributed by atoms with van der Waals surface area (Å²) in [5, 5.41) is 3.15. The highest BCUT2D eigenvalue weighted by Crippen LogP contribution is 2.43. The van der Waals surface area contributed by atoms with E-state index in [1.54, 1.807) is 13.3 Å². The topological polar surface area (TPSA) is 56.1 Å². The van der Waals surface area contributed by atoms with Crippen LogP contribution in [0.4, 0.5) is 0 Å². The summed E-state index contributed by atoms with van der Waals surface area (Å²) in [6.07, 6.45) is 4.88. The van der Waals surface area contributed by atoms with Gasteiger partial charge in [0.2, 0.25) is 0 Å². The Labute approximate surface area is 185 Å². The second kappa shape index (κ2) is 9.62. The van der Waals surface area contributed by atoms with Gasteiger partial charge >= 0.3 is 0 Å². The van der Waals surface area contributed by atoms with Crippen LogP contribution in [0.2, 0.25) is 0 Å². The number of carbonyl (C=O) groups is 1. The zero-order valence-electron chi connectivity index (χ0n) is 17.1. The molecule has 2 aromatic carbocycles. The van der Waals surface area contributed by atoms with Crippen LogP contribution >= 0.6 is 23.5 Å². The van der Waals surface area contributed by atoms with Crippen molar-refractivity contribution >= 4 is 29.4 Å². The summed E-state index contributed by atoms with van der Waals surface area (Å²) < 4.78 is 7.92. The SMILES string of the molecule is COc1ccccc1C(NC(=O)c1ccc(C2SCCCS2)cc1)c1nccn1C. The molecule has 0 saturated carbocycles. The standard InChI is InChI=1S/C23H25N3O2S2/c1-26-13-12-24-21(26)20(18-6-3-4-7-19(18)28-2)25-22(27)16-8-10-17(11-9-16)23-29-14-5-15-30-23/h3-4,6-13,20,23H,5,14-15H2,1-2H3,(H,25,27). The lowest BCUT2D eigenvalue weighted by molar-refractivity contribution is 0.0941. The lowest BCUT2D eigenvalue weighted by Crippen LogP contribution is -2.31. The first kappa shape index (κ1) is 20.9. The number of aryl methyl sites for hydroxylation is 1. The van der Waals surface area contributed by atoms with Crippen LogP contribution in [0.25, 0.3) is 0 Å². The van der Waals surface area contributed by atoms with Crippen molar-refractivity contribution in [3.05, 3.63) is 83.4 Å². The number of nitrogens with one attached hydrogen (secondary N) is 1. The van der Waals surface area contributed by atoms with Crippen LogP contribution in [-0.2, 0) is 7.05 Å². The van der Waals surface area contributed by atoms with Gasteiger partial charge in [-0.1, -0.05) is 30.3 Å². The molecule has 1 amide bonds. The Morgan fingerprint density at radius 1 is 1.17 bits per heavy atom. The van der Waals surface area contributed by atoms with E-state index in [9.17, 15) is 4.79 Å². The Bertz CT molecular complexity index is 998. The van der Waals surface area contributed by atoms with Crippen molar-refractivity contribution in [3.63, 3.8) is 0 Å². The summed E-state index contributed by atoms with van der Waals surface area (Å²) in [6.45, 7) is 0. The third kappa shape index (κ3) is 4.52. The lowest BCUT2D eigenvalue weighted by Gasteiger charge is -2.22. The fourth-order valence-corrected chi connectivity index (χ4v) is 6.42. The van der Waals surface area contributed by atoms with Gasteiger partial charge in [-0.05, 0) is 41.7 Å². The van der Waals surface area contributed by atoms with E-state index in [2.05, 4.69) is 22.4 Å². The number of benzene rings is 2. The maximum atomic E-state index is 13.1. The van der Waals surface area contributed by atoms with E-state index in [0.29, 0.717) is 15.9 Å². The van der Waals surface area contributed by atoms with Crippen LogP contribution in [0.15, 0.2) is 60.9 Å². The summed E-state index contributed by atoms with van der Waals surface area (Å²) in [5.41, 5.74) is 2.78. The second-order valence-electron chi connectivity index (χ2n) is 7.09. The number of thioether (sulfide) groups is 2. The van der Waals surface area contributed by atoms with Crippen molar-refractivity contribution in [1.29, 1.82) is 0 Å². The predicted octanol–water partition coefficient (Wildman–Crippen LogP) is 4.82. The minimum Gasteiger partial charge on any atom is -0.496 e. The number of hydrogen-bond acceptors (Lipinski definition) is 5. The quantitative estimate of drug-likeness (QED) is 0.597. The Hall–Kier alpha value is -2.38. The van der Waals surface area contributed by atoms with E-state index >= 15 is 0 Å². The summed E-state index contributed by atoms with van der Waals surface area (Å²) >= 11 is 3.96. The maximum Gasteiger partial charge on any atom is 0.252 e. The normalized spacial score (nSPS) is 15.5. The molecule has 1 saturated heterocycles. The fraction of sp³-hybridized carbons (Fsp3) is 0.304. The van der Waals surface area contributed by atoms with Crippen molar-refractivity contribution in [2.24, 2.45) is 7.05 Å². The Morgan fingerprint density at radius 2 is 1.90 bits per heavy atom. The summed E-state index contributed by atoms with van der Waals surface area (Å²) in [4.78, 5) is 17.6. The highest BCUT2D eigenvalue weighted by atomic mass is 32.2. The molecule has 1 aliphatic rings. The molecule has 4 rings (SSSR count). The number of para-hydroxylation sites is 1. The van der Waals surface area contributed by atoms with Crippen molar-refractivity contribution in [1.82, 2.24) is 14.9 Å². The summed E-state index contributed by atoms with van der Waals surface area (Å²) in [6, 6.07) is 15.3. The lowest BCUT2D eigenvalue weighted by atomic mass is 10.0. The molecule has 30 heavy (non-hydrogen) atoms. The minimum atomic E-state index is -0.419. The van der Waals surface area contributed by atoms with Gasteiger partial charge in [0.25, 0.3) is 5.91 Å². The van der Waals surface area contributed by atoms with Gasteiger partial charge in [0.1, 0.15) is 17.6 Å². The van der Waals surface area contributed by atoms with Crippen LogP contribution < -0.4 is 10.1 Å². The molecule has 1 atom stereocenters. The average Bonchev–Trinajstić information content (AvgIpc) is 3.23. The largest absolute Gasteiger partial charge is 0.496 e. The highest BCUT2D eigenvalue weighted by molar-refractivity contribution is 8.16. The molecule has 1 N–H and O–H groups in total. The number of amides is 1. The molecule has 1 aromatic heterocycles. The third-order valence-electron chi connectivity index (χ3n) is 5.11. The zero-order valence-corrected chi connectivity index (χ0v) is 18.7. The van der Waals surface area contributed by atoms with Gasteiger partial charge in [0.15, 0.2) is 0 Å². The monoisotopic (exact) mass is 439 g/mol. The molecule has 0 spiro atoms. The molecule has 0 radical (unpaired) electrons. The Morgan fingerprint density at radius 3 is 2.57 bits per heavy atom. The summed E-state index contributed by atoms with van der Waals surface area (Å²) in [7, 11) is 3.56. The zero-order chi connectivity index (χ0) is 20.9. The van der Waals surface area contributed by atoms with Crippen LogP contribution in [0, 0.1) is 0 Å². The third-order valence-corrected chi connectivity index (χ3v) is 8.13. The second-order valence-corrected chi connectivity index (χ2v) is 9.82. The van der Waals surface area contributed by atoms with Crippen LogP contribution in [0.5, 0.6) is 5.75 Å². The van der Waals surface area contributed by atoms with Crippen LogP contribution in [0.1, 0.15) is 44.4 Å². The Balaban J connectivity index is 1.58.